The first-order valence-electron chi connectivity index (χ1n) is 5.79. The number of nitrogens with two attached hydrogens (primary N) is 1. The maximum Gasteiger partial charge on any atom is 0.236 e. The van der Waals surface area contributed by atoms with Crippen molar-refractivity contribution in [1.82, 2.24) is 5.32 Å². The molecule has 0 spiro atoms. The Morgan fingerprint density at radius 2 is 2.22 bits per heavy atom. The number of carbonyl (C=O) groups is 1. The first-order chi connectivity index (χ1) is 8.13. The van der Waals surface area contributed by atoms with Crippen LogP contribution in [-0.2, 0) is 11.2 Å². The van der Waals surface area contributed by atoms with E-state index in [1.807, 2.05) is 18.2 Å². The molecule has 1 aromatic rings. The van der Waals surface area contributed by atoms with Gasteiger partial charge in [-0.3, -0.25) is 4.79 Å². The van der Waals surface area contributed by atoms with E-state index in [1.54, 1.807) is 14.0 Å². The van der Waals surface area contributed by atoms with Gasteiger partial charge in [-0.25, -0.2) is 0 Å². The van der Waals surface area contributed by atoms with Gasteiger partial charge in [-0.2, -0.15) is 0 Å². The zero-order chi connectivity index (χ0) is 12.7. The minimum Gasteiger partial charge on any atom is -0.497 e. The zero-order valence-corrected chi connectivity index (χ0v) is 11.6. The maximum absolute atomic E-state index is 11.2. The number of methoxy groups -OCH3 is 1. The van der Waals surface area contributed by atoms with Gasteiger partial charge in [0.25, 0.3) is 0 Å². The largest absolute Gasteiger partial charge is 0.497 e. The van der Waals surface area contributed by atoms with Crippen LogP contribution in [0, 0.1) is 0 Å². The van der Waals surface area contributed by atoms with Gasteiger partial charge in [0.15, 0.2) is 0 Å². The van der Waals surface area contributed by atoms with E-state index in [4.69, 9.17) is 10.5 Å². The molecule has 0 fully saturated rings. The molecule has 0 aliphatic carbocycles. The summed E-state index contributed by atoms with van der Waals surface area (Å²) in [6.07, 6.45) is 1.81. The normalized spacial score (nSPS) is 11.3. The van der Waals surface area contributed by atoms with Crippen molar-refractivity contribution in [2.45, 2.75) is 25.8 Å². The molecule has 0 aromatic heterocycles. The fourth-order valence-corrected chi connectivity index (χ4v) is 1.49. The summed E-state index contributed by atoms with van der Waals surface area (Å²) in [5.41, 5.74) is 6.65. The third kappa shape index (κ3) is 5.89. The van der Waals surface area contributed by atoms with E-state index in [-0.39, 0.29) is 18.3 Å². The van der Waals surface area contributed by atoms with Crippen molar-refractivity contribution in [3.63, 3.8) is 0 Å². The van der Waals surface area contributed by atoms with Crippen LogP contribution < -0.4 is 15.8 Å². The topological polar surface area (TPSA) is 64.3 Å². The molecule has 4 nitrogen and oxygen atoms in total. The molecule has 0 saturated carbocycles. The molecule has 1 unspecified atom stereocenters. The third-order valence-electron chi connectivity index (χ3n) is 2.49. The predicted molar refractivity (Wildman–Crippen MR) is 75.2 cm³/mol. The molecule has 1 amide bonds. The fourth-order valence-electron chi connectivity index (χ4n) is 1.49. The van der Waals surface area contributed by atoms with Gasteiger partial charge in [-0.05, 0) is 37.5 Å². The molecule has 3 N–H and O–H groups in total. The average molecular weight is 273 g/mol. The molecule has 0 radical (unpaired) electrons. The number of halogens is 1. The highest BCUT2D eigenvalue weighted by Crippen LogP contribution is 2.13. The monoisotopic (exact) mass is 272 g/mol. The number of aryl methyl sites for hydroxylation is 1. The Balaban J connectivity index is 0.00000289. The van der Waals surface area contributed by atoms with Gasteiger partial charge >= 0.3 is 0 Å². The average Bonchev–Trinajstić information content (AvgIpc) is 2.34. The molecule has 0 saturated heterocycles. The van der Waals surface area contributed by atoms with Gasteiger partial charge < -0.3 is 15.8 Å². The van der Waals surface area contributed by atoms with E-state index in [0.717, 1.165) is 18.6 Å². The fraction of sp³-hybridized carbons (Fsp3) is 0.462. The zero-order valence-electron chi connectivity index (χ0n) is 10.8. The van der Waals surface area contributed by atoms with E-state index in [2.05, 4.69) is 11.4 Å². The summed E-state index contributed by atoms with van der Waals surface area (Å²) in [5, 5.41) is 2.79. The van der Waals surface area contributed by atoms with Gasteiger partial charge in [0, 0.05) is 6.54 Å². The van der Waals surface area contributed by atoms with Gasteiger partial charge in [0.1, 0.15) is 5.75 Å². The number of hydrogen-bond acceptors (Lipinski definition) is 3. The molecule has 1 aromatic carbocycles. The van der Waals surface area contributed by atoms with Crippen LogP contribution in [0.4, 0.5) is 0 Å². The lowest BCUT2D eigenvalue weighted by Gasteiger charge is -2.08. The van der Waals surface area contributed by atoms with E-state index in [0.29, 0.717) is 6.54 Å². The maximum atomic E-state index is 11.2. The SMILES string of the molecule is COc1cccc(CCCNC(=O)C(C)N)c1.Cl. The Morgan fingerprint density at radius 1 is 1.50 bits per heavy atom. The van der Waals surface area contributed by atoms with Crippen molar-refractivity contribution in [3.8, 4) is 5.75 Å². The van der Waals surface area contributed by atoms with Crippen LogP contribution in [0.3, 0.4) is 0 Å². The van der Waals surface area contributed by atoms with Gasteiger partial charge in [0.05, 0.1) is 13.2 Å². The summed E-state index contributed by atoms with van der Waals surface area (Å²) >= 11 is 0. The lowest BCUT2D eigenvalue weighted by Crippen LogP contribution is -2.38. The number of benzene rings is 1. The molecular formula is C13H21ClN2O2. The Kier molecular flexibility index (Phi) is 8.16. The number of amides is 1. The molecule has 1 rings (SSSR count). The molecule has 1 atom stereocenters. The number of carbonyl (C=O) groups excluding carboxylic acids is 1. The minimum absolute atomic E-state index is 0. The summed E-state index contributed by atoms with van der Waals surface area (Å²) < 4.78 is 5.14. The lowest BCUT2D eigenvalue weighted by molar-refractivity contribution is -0.121. The number of rotatable bonds is 6. The van der Waals surface area contributed by atoms with Crippen LogP contribution in [-0.4, -0.2) is 25.6 Å². The molecule has 0 aliphatic heterocycles. The van der Waals surface area contributed by atoms with E-state index in [1.165, 1.54) is 5.56 Å². The Labute approximate surface area is 114 Å². The third-order valence-corrected chi connectivity index (χ3v) is 2.49. The van der Waals surface area contributed by atoms with Crippen molar-refractivity contribution >= 4 is 18.3 Å². The van der Waals surface area contributed by atoms with Crippen LogP contribution >= 0.6 is 12.4 Å². The molecular weight excluding hydrogens is 252 g/mol. The second-order valence-corrected chi connectivity index (χ2v) is 4.03. The second-order valence-electron chi connectivity index (χ2n) is 4.03. The van der Waals surface area contributed by atoms with Gasteiger partial charge in [-0.15, -0.1) is 12.4 Å². The summed E-state index contributed by atoms with van der Waals surface area (Å²) in [7, 11) is 1.65. The predicted octanol–water partition coefficient (Wildman–Crippen LogP) is 1.51. The van der Waals surface area contributed by atoms with Crippen molar-refractivity contribution in [3.05, 3.63) is 29.8 Å². The molecule has 0 bridgehead atoms. The highest BCUT2D eigenvalue weighted by molar-refractivity contribution is 5.85. The van der Waals surface area contributed by atoms with Gasteiger partial charge in [0.2, 0.25) is 5.91 Å². The van der Waals surface area contributed by atoms with Crippen molar-refractivity contribution in [2.75, 3.05) is 13.7 Å². The van der Waals surface area contributed by atoms with Crippen LogP contribution in [0.1, 0.15) is 18.9 Å². The van der Waals surface area contributed by atoms with Gasteiger partial charge in [-0.1, -0.05) is 12.1 Å². The summed E-state index contributed by atoms with van der Waals surface area (Å²) in [6.45, 7) is 2.33. The molecule has 102 valence electrons. The Hall–Kier alpha value is -1.26. The van der Waals surface area contributed by atoms with Crippen LogP contribution in [0.2, 0.25) is 0 Å². The first-order valence-corrected chi connectivity index (χ1v) is 5.79. The number of ether oxygens (including phenoxy) is 1. The van der Waals surface area contributed by atoms with Crippen molar-refractivity contribution in [1.29, 1.82) is 0 Å². The number of hydrogen-bond donors (Lipinski definition) is 2. The molecule has 0 aliphatic rings. The standard InChI is InChI=1S/C13H20N2O2.ClH/c1-10(14)13(16)15-8-4-6-11-5-3-7-12(9-11)17-2;/h3,5,7,9-10H,4,6,8,14H2,1-2H3,(H,15,16);1H. The van der Waals surface area contributed by atoms with Crippen LogP contribution in [0.5, 0.6) is 5.75 Å². The van der Waals surface area contributed by atoms with E-state index >= 15 is 0 Å². The summed E-state index contributed by atoms with van der Waals surface area (Å²) in [5.74, 6) is 0.762. The van der Waals surface area contributed by atoms with Crippen molar-refractivity contribution in [2.24, 2.45) is 5.73 Å². The second kappa shape index (κ2) is 8.78. The highest BCUT2D eigenvalue weighted by atomic mass is 35.5. The quantitative estimate of drug-likeness (QED) is 0.772. The van der Waals surface area contributed by atoms with Crippen molar-refractivity contribution < 1.29 is 9.53 Å². The van der Waals surface area contributed by atoms with Crippen LogP contribution in [0.15, 0.2) is 24.3 Å². The molecule has 5 heteroatoms. The Morgan fingerprint density at radius 3 is 2.83 bits per heavy atom. The lowest BCUT2D eigenvalue weighted by atomic mass is 10.1. The number of nitrogens with one attached hydrogen (secondary N) is 1. The summed E-state index contributed by atoms with van der Waals surface area (Å²) in [6, 6.07) is 7.51. The highest BCUT2D eigenvalue weighted by Gasteiger charge is 2.05. The van der Waals surface area contributed by atoms with E-state index in [9.17, 15) is 4.79 Å². The van der Waals surface area contributed by atoms with Crippen LogP contribution in [0.25, 0.3) is 0 Å². The summed E-state index contributed by atoms with van der Waals surface area (Å²) in [4.78, 5) is 11.2. The first kappa shape index (κ1) is 16.7. The molecule has 18 heavy (non-hydrogen) atoms. The molecule has 0 heterocycles. The Bertz CT molecular complexity index is 370. The minimum atomic E-state index is -0.438. The van der Waals surface area contributed by atoms with E-state index < -0.39 is 6.04 Å². The smallest absolute Gasteiger partial charge is 0.236 e.